The Hall–Kier alpha value is -0.770. The number of nitrogens with zero attached hydrogens (tertiary/aromatic N) is 2. The lowest BCUT2D eigenvalue weighted by molar-refractivity contribution is 0.210. The van der Waals surface area contributed by atoms with Crippen LogP contribution in [0.5, 0.6) is 0 Å². The van der Waals surface area contributed by atoms with Gasteiger partial charge < -0.3 is 10.6 Å². The molecular weight excluding hydrogens is 246 g/mol. The summed E-state index contributed by atoms with van der Waals surface area (Å²) in [6, 6.07) is 6.69. The summed E-state index contributed by atoms with van der Waals surface area (Å²) in [5.41, 5.74) is 8.24. The summed E-state index contributed by atoms with van der Waals surface area (Å²) in [6.07, 6.45) is 1.06. The summed E-state index contributed by atoms with van der Waals surface area (Å²) in [4.78, 5) is 4.86. The molecule has 1 fully saturated rings. The first-order valence-electron chi connectivity index (χ1n) is 6.53. The van der Waals surface area contributed by atoms with Crippen LogP contribution < -0.4 is 10.6 Å². The molecule has 0 saturated carbocycles. The van der Waals surface area contributed by atoms with Gasteiger partial charge in [0.1, 0.15) is 0 Å². The van der Waals surface area contributed by atoms with Gasteiger partial charge in [-0.1, -0.05) is 11.6 Å². The number of rotatable bonds is 3. The van der Waals surface area contributed by atoms with E-state index < -0.39 is 0 Å². The van der Waals surface area contributed by atoms with Gasteiger partial charge in [0.15, 0.2) is 0 Å². The van der Waals surface area contributed by atoms with Crippen LogP contribution in [0.2, 0.25) is 5.02 Å². The molecule has 1 atom stereocenters. The maximum absolute atomic E-state index is 6.01. The van der Waals surface area contributed by atoms with E-state index in [4.69, 9.17) is 17.3 Å². The predicted molar refractivity (Wildman–Crippen MR) is 78.5 cm³/mol. The van der Waals surface area contributed by atoms with Crippen molar-refractivity contribution in [3.05, 3.63) is 28.8 Å². The van der Waals surface area contributed by atoms with Crippen molar-refractivity contribution >= 4 is 17.3 Å². The third-order valence-electron chi connectivity index (χ3n) is 3.78. The highest BCUT2D eigenvalue weighted by atomic mass is 35.5. The molecule has 1 heterocycles. The standard InChI is InChI=1S/C14H22ClN3/c1-11-9-12(15)3-4-14(11)18-8-7-17(2)13(10-18)5-6-16/h3-4,9,13H,5-8,10,16H2,1-2H3. The van der Waals surface area contributed by atoms with E-state index in [1.54, 1.807) is 0 Å². The van der Waals surface area contributed by atoms with Gasteiger partial charge in [-0.25, -0.2) is 0 Å². The van der Waals surface area contributed by atoms with E-state index in [0.717, 1.165) is 37.6 Å². The highest BCUT2D eigenvalue weighted by molar-refractivity contribution is 6.30. The van der Waals surface area contributed by atoms with Crippen LogP contribution in [0.3, 0.4) is 0 Å². The monoisotopic (exact) mass is 267 g/mol. The average Bonchev–Trinajstić information content (AvgIpc) is 2.33. The molecule has 0 amide bonds. The summed E-state index contributed by atoms with van der Waals surface area (Å²) in [5.74, 6) is 0. The molecule has 1 saturated heterocycles. The van der Waals surface area contributed by atoms with Crippen molar-refractivity contribution in [1.29, 1.82) is 0 Å². The summed E-state index contributed by atoms with van der Waals surface area (Å²) in [7, 11) is 2.19. The number of aryl methyl sites for hydroxylation is 1. The minimum absolute atomic E-state index is 0.554. The number of nitrogens with two attached hydrogens (primary N) is 1. The SMILES string of the molecule is Cc1cc(Cl)ccc1N1CCN(C)C(CCN)C1. The van der Waals surface area contributed by atoms with Crippen molar-refractivity contribution in [2.24, 2.45) is 5.73 Å². The Balaban J connectivity index is 2.13. The normalized spacial score (nSPS) is 21.3. The second-order valence-electron chi connectivity index (χ2n) is 5.09. The van der Waals surface area contributed by atoms with Gasteiger partial charge in [-0.05, 0) is 50.7 Å². The number of hydrogen-bond donors (Lipinski definition) is 1. The second kappa shape index (κ2) is 5.91. The first-order chi connectivity index (χ1) is 8.61. The number of piperazine rings is 1. The van der Waals surface area contributed by atoms with E-state index in [1.165, 1.54) is 11.3 Å². The van der Waals surface area contributed by atoms with Gasteiger partial charge in [-0.2, -0.15) is 0 Å². The predicted octanol–water partition coefficient (Wildman–Crippen LogP) is 2.12. The van der Waals surface area contributed by atoms with Crippen LogP contribution in [-0.2, 0) is 0 Å². The molecule has 3 nitrogen and oxygen atoms in total. The fourth-order valence-electron chi connectivity index (χ4n) is 2.64. The van der Waals surface area contributed by atoms with Gasteiger partial charge >= 0.3 is 0 Å². The van der Waals surface area contributed by atoms with Crippen molar-refractivity contribution in [2.75, 3.05) is 38.1 Å². The minimum Gasteiger partial charge on any atom is -0.368 e. The number of halogens is 1. The number of benzene rings is 1. The Morgan fingerprint density at radius 1 is 1.39 bits per heavy atom. The maximum Gasteiger partial charge on any atom is 0.0410 e. The van der Waals surface area contributed by atoms with E-state index in [1.807, 2.05) is 12.1 Å². The molecule has 0 aromatic heterocycles. The Morgan fingerprint density at radius 3 is 2.83 bits per heavy atom. The van der Waals surface area contributed by atoms with Crippen LogP contribution in [0.1, 0.15) is 12.0 Å². The third kappa shape index (κ3) is 2.97. The Morgan fingerprint density at radius 2 is 2.17 bits per heavy atom. The molecule has 18 heavy (non-hydrogen) atoms. The number of likely N-dealkylation sites (N-methyl/N-ethyl adjacent to an activating group) is 1. The van der Waals surface area contributed by atoms with Gasteiger partial charge in [0, 0.05) is 36.4 Å². The molecule has 1 aromatic rings. The highest BCUT2D eigenvalue weighted by Gasteiger charge is 2.24. The second-order valence-corrected chi connectivity index (χ2v) is 5.53. The van der Waals surface area contributed by atoms with Gasteiger partial charge in [0.05, 0.1) is 0 Å². The molecule has 100 valence electrons. The Labute approximate surface area is 115 Å². The highest BCUT2D eigenvalue weighted by Crippen LogP contribution is 2.26. The molecule has 1 aliphatic heterocycles. The molecule has 1 aromatic carbocycles. The smallest absolute Gasteiger partial charge is 0.0410 e. The van der Waals surface area contributed by atoms with Crippen LogP contribution in [0.15, 0.2) is 18.2 Å². The summed E-state index contributed by atoms with van der Waals surface area (Å²) >= 11 is 6.01. The zero-order valence-electron chi connectivity index (χ0n) is 11.2. The van der Waals surface area contributed by atoms with Crippen molar-refractivity contribution in [3.63, 3.8) is 0 Å². The molecule has 0 radical (unpaired) electrons. The van der Waals surface area contributed by atoms with Crippen LogP contribution >= 0.6 is 11.6 Å². The van der Waals surface area contributed by atoms with Gasteiger partial charge in [-0.3, -0.25) is 4.90 Å². The zero-order valence-corrected chi connectivity index (χ0v) is 12.0. The first-order valence-corrected chi connectivity index (χ1v) is 6.91. The van der Waals surface area contributed by atoms with E-state index in [-0.39, 0.29) is 0 Å². The van der Waals surface area contributed by atoms with Gasteiger partial charge in [-0.15, -0.1) is 0 Å². The van der Waals surface area contributed by atoms with Crippen LogP contribution in [0.25, 0.3) is 0 Å². The molecule has 4 heteroatoms. The average molecular weight is 268 g/mol. The molecular formula is C14H22ClN3. The number of anilines is 1. The quantitative estimate of drug-likeness (QED) is 0.911. The lowest BCUT2D eigenvalue weighted by Gasteiger charge is -2.41. The lowest BCUT2D eigenvalue weighted by Crippen LogP contribution is -2.52. The first kappa shape index (κ1) is 13.7. The summed E-state index contributed by atoms with van der Waals surface area (Å²) in [5, 5.41) is 0.809. The largest absolute Gasteiger partial charge is 0.368 e. The van der Waals surface area contributed by atoms with E-state index >= 15 is 0 Å². The van der Waals surface area contributed by atoms with Gasteiger partial charge in [0.2, 0.25) is 0 Å². The topological polar surface area (TPSA) is 32.5 Å². The van der Waals surface area contributed by atoms with E-state index in [0.29, 0.717) is 6.04 Å². The van der Waals surface area contributed by atoms with E-state index in [9.17, 15) is 0 Å². The maximum atomic E-state index is 6.01. The van der Waals surface area contributed by atoms with Crippen LogP contribution in [0, 0.1) is 6.92 Å². The molecule has 2 rings (SSSR count). The molecule has 1 aliphatic rings. The minimum atomic E-state index is 0.554. The fraction of sp³-hybridized carbons (Fsp3) is 0.571. The molecule has 2 N–H and O–H groups in total. The van der Waals surface area contributed by atoms with Crippen molar-refractivity contribution in [3.8, 4) is 0 Å². The van der Waals surface area contributed by atoms with Crippen LogP contribution in [0.4, 0.5) is 5.69 Å². The van der Waals surface area contributed by atoms with Crippen molar-refractivity contribution in [1.82, 2.24) is 4.90 Å². The molecule has 0 aliphatic carbocycles. The molecule has 0 spiro atoms. The summed E-state index contributed by atoms with van der Waals surface area (Å²) < 4.78 is 0. The van der Waals surface area contributed by atoms with Crippen molar-refractivity contribution < 1.29 is 0 Å². The Bertz CT molecular complexity index is 408. The zero-order chi connectivity index (χ0) is 13.1. The fourth-order valence-corrected chi connectivity index (χ4v) is 2.87. The third-order valence-corrected chi connectivity index (χ3v) is 4.01. The molecule has 0 bridgehead atoms. The lowest BCUT2D eigenvalue weighted by atomic mass is 10.1. The molecule has 1 unspecified atom stereocenters. The van der Waals surface area contributed by atoms with E-state index in [2.05, 4.69) is 29.8 Å². The summed E-state index contributed by atoms with van der Waals surface area (Å²) in [6.45, 7) is 6.09. The van der Waals surface area contributed by atoms with Crippen LogP contribution in [-0.4, -0.2) is 44.2 Å². The van der Waals surface area contributed by atoms with Crippen molar-refractivity contribution in [2.45, 2.75) is 19.4 Å². The van der Waals surface area contributed by atoms with Gasteiger partial charge in [0.25, 0.3) is 0 Å². The Kier molecular flexibility index (Phi) is 4.49. The number of hydrogen-bond acceptors (Lipinski definition) is 3.